The van der Waals surface area contributed by atoms with E-state index >= 15 is 0 Å². The SMILES string of the molecule is C[C@H](O/N=C(\C(=O)N[C@@H]1C(=O)N2C(C(=O)O)=C(C[n+]3ccc(-c4cn[nH]c4)cc3)CSC12)c1nc(N)sc1Cl)C(=O)O. The average Bonchev–Trinajstić information content (AvgIpc) is 3.61. The fraction of sp³-hybridized carbons (Fsp3) is 0.250. The molecule has 1 unspecified atom stereocenters. The Hall–Kier alpha value is -4.48. The molecule has 3 atom stereocenters. The summed E-state index contributed by atoms with van der Waals surface area (Å²) in [5.41, 5.74) is 7.24. The molecule has 0 bridgehead atoms. The molecular formula is C24H22ClN8O7S2+. The van der Waals surface area contributed by atoms with Gasteiger partial charge < -0.3 is 26.1 Å². The lowest BCUT2D eigenvalue weighted by Crippen LogP contribution is -2.71. The van der Waals surface area contributed by atoms with Crippen molar-refractivity contribution < 1.29 is 38.8 Å². The van der Waals surface area contributed by atoms with Crippen LogP contribution in [-0.2, 0) is 30.6 Å². The molecule has 15 nitrogen and oxygen atoms in total. The van der Waals surface area contributed by atoms with Gasteiger partial charge in [0.25, 0.3) is 11.8 Å². The van der Waals surface area contributed by atoms with Gasteiger partial charge in [-0.25, -0.2) is 19.1 Å². The van der Waals surface area contributed by atoms with Crippen LogP contribution in [0.1, 0.15) is 12.6 Å². The van der Waals surface area contributed by atoms with Crippen molar-refractivity contribution in [1.29, 1.82) is 0 Å². The van der Waals surface area contributed by atoms with Gasteiger partial charge in [0, 0.05) is 35.2 Å². The van der Waals surface area contributed by atoms with Crippen molar-refractivity contribution >= 4 is 69.3 Å². The van der Waals surface area contributed by atoms with E-state index in [0.717, 1.165) is 27.4 Å². The van der Waals surface area contributed by atoms with E-state index in [9.17, 15) is 24.3 Å². The lowest BCUT2D eigenvalue weighted by Gasteiger charge is -2.49. The van der Waals surface area contributed by atoms with E-state index in [4.69, 9.17) is 27.3 Å². The molecule has 218 valence electrons. The third-order valence-corrected chi connectivity index (χ3v) is 8.75. The number of nitrogen functional groups attached to an aromatic ring is 1. The van der Waals surface area contributed by atoms with Crippen LogP contribution in [0.25, 0.3) is 11.1 Å². The van der Waals surface area contributed by atoms with E-state index in [1.165, 1.54) is 18.7 Å². The first kappa shape index (κ1) is 29.0. The van der Waals surface area contributed by atoms with Crippen molar-refractivity contribution in [3.05, 3.63) is 58.2 Å². The van der Waals surface area contributed by atoms with E-state index in [1.807, 2.05) is 12.1 Å². The largest absolute Gasteiger partial charge is 0.478 e. The Balaban J connectivity index is 1.34. The van der Waals surface area contributed by atoms with Gasteiger partial charge in [0.1, 0.15) is 27.1 Å². The van der Waals surface area contributed by atoms with Crippen LogP contribution in [-0.4, -0.2) is 83.0 Å². The molecule has 0 aliphatic carbocycles. The number of aromatic amines is 1. The van der Waals surface area contributed by atoms with Gasteiger partial charge in [-0.15, -0.1) is 11.8 Å². The molecule has 1 saturated heterocycles. The number of thioether (sulfide) groups is 1. The molecule has 1 fully saturated rings. The normalized spacial score (nSPS) is 19.1. The number of nitrogens with two attached hydrogens (primary N) is 1. The Morgan fingerprint density at radius 1 is 1.33 bits per heavy atom. The second-order valence-corrected chi connectivity index (χ2v) is 11.8. The third kappa shape index (κ3) is 5.65. The summed E-state index contributed by atoms with van der Waals surface area (Å²) in [7, 11) is 0. The number of carbonyl (C=O) groups excluding carboxylic acids is 2. The number of fused-ring (bicyclic) bond motifs is 1. The maximum atomic E-state index is 13.2. The molecular weight excluding hydrogens is 612 g/mol. The molecule has 0 spiro atoms. The van der Waals surface area contributed by atoms with Crippen LogP contribution in [0.3, 0.4) is 0 Å². The molecule has 3 aromatic heterocycles. The van der Waals surface area contributed by atoms with E-state index in [-0.39, 0.29) is 33.2 Å². The van der Waals surface area contributed by atoms with Crippen LogP contribution in [0.15, 0.2) is 53.3 Å². The van der Waals surface area contributed by atoms with E-state index in [1.54, 1.807) is 29.4 Å². The number of anilines is 1. The number of hydrogen-bond donors (Lipinski definition) is 5. The predicted molar refractivity (Wildman–Crippen MR) is 150 cm³/mol. The number of carboxylic acid groups (broad SMARTS) is 2. The first-order valence-electron chi connectivity index (χ1n) is 12.1. The number of hydrogen-bond acceptors (Lipinski definition) is 11. The van der Waals surface area contributed by atoms with Crippen molar-refractivity contribution in [2.45, 2.75) is 31.0 Å². The third-order valence-electron chi connectivity index (χ3n) is 6.32. The summed E-state index contributed by atoms with van der Waals surface area (Å²) in [6.45, 7) is 1.43. The minimum Gasteiger partial charge on any atom is -0.478 e. The highest BCUT2D eigenvalue weighted by molar-refractivity contribution is 8.00. The van der Waals surface area contributed by atoms with E-state index < -0.39 is 47.0 Å². The Kier molecular flexibility index (Phi) is 8.15. The Bertz CT molecular complexity index is 1620. The Morgan fingerprint density at radius 3 is 2.67 bits per heavy atom. The zero-order valence-corrected chi connectivity index (χ0v) is 23.9. The number of halogens is 1. The van der Waals surface area contributed by atoms with Crippen molar-refractivity contribution in [1.82, 2.24) is 25.4 Å². The molecule has 42 heavy (non-hydrogen) atoms. The van der Waals surface area contributed by atoms with Crippen molar-refractivity contribution in [3.8, 4) is 11.1 Å². The minimum atomic E-state index is -1.40. The van der Waals surface area contributed by atoms with Crippen LogP contribution in [0.5, 0.6) is 0 Å². The second kappa shape index (κ2) is 11.8. The van der Waals surface area contributed by atoms with Gasteiger partial charge in [-0.2, -0.15) is 5.10 Å². The fourth-order valence-electron chi connectivity index (χ4n) is 4.23. The second-order valence-electron chi connectivity index (χ2n) is 9.06. The highest BCUT2D eigenvalue weighted by Crippen LogP contribution is 2.40. The van der Waals surface area contributed by atoms with Crippen LogP contribution in [0, 0.1) is 0 Å². The maximum Gasteiger partial charge on any atom is 0.352 e. The number of aromatic nitrogens is 4. The summed E-state index contributed by atoms with van der Waals surface area (Å²) in [5, 5.41) is 31.3. The number of oxime groups is 1. The van der Waals surface area contributed by atoms with E-state index in [2.05, 4.69) is 25.7 Å². The summed E-state index contributed by atoms with van der Waals surface area (Å²) < 4.78 is 1.80. The molecule has 0 radical (unpaired) electrons. The van der Waals surface area contributed by atoms with Crippen molar-refractivity contribution in [2.75, 3.05) is 11.5 Å². The Labute approximate surface area is 250 Å². The molecule has 2 amide bonds. The number of aliphatic carboxylic acids is 2. The number of β-lactam (4-membered cyclic amide) rings is 1. The fourth-order valence-corrected chi connectivity index (χ4v) is 6.49. The van der Waals surface area contributed by atoms with Crippen LogP contribution in [0.2, 0.25) is 4.34 Å². The van der Waals surface area contributed by atoms with Gasteiger partial charge in [0.2, 0.25) is 6.10 Å². The summed E-state index contributed by atoms with van der Waals surface area (Å²) in [4.78, 5) is 59.9. The highest BCUT2D eigenvalue weighted by Gasteiger charge is 2.55. The lowest BCUT2D eigenvalue weighted by atomic mass is 10.0. The molecule has 0 saturated carbocycles. The van der Waals surface area contributed by atoms with Gasteiger partial charge >= 0.3 is 11.9 Å². The number of nitrogens with one attached hydrogen (secondary N) is 2. The number of carbonyl (C=O) groups is 4. The van der Waals surface area contributed by atoms with Gasteiger partial charge in [-0.1, -0.05) is 28.1 Å². The number of pyridine rings is 1. The monoisotopic (exact) mass is 633 g/mol. The van der Waals surface area contributed by atoms with Gasteiger partial charge in [-0.3, -0.25) is 19.6 Å². The molecule has 18 heteroatoms. The summed E-state index contributed by atoms with van der Waals surface area (Å²) in [6.07, 6.45) is 5.65. The molecule has 0 aromatic carbocycles. The molecule has 6 N–H and O–H groups in total. The molecule has 5 heterocycles. The maximum absolute atomic E-state index is 13.2. The number of H-pyrrole nitrogens is 1. The van der Waals surface area contributed by atoms with Crippen molar-refractivity contribution in [3.63, 3.8) is 0 Å². The van der Waals surface area contributed by atoms with Crippen LogP contribution < -0.4 is 15.6 Å². The van der Waals surface area contributed by atoms with Gasteiger partial charge in [-0.05, 0) is 12.5 Å². The van der Waals surface area contributed by atoms with Crippen LogP contribution in [0.4, 0.5) is 5.13 Å². The van der Waals surface area contributed by atoms with Gasteiger partial charge in [0.15, 0.2) is 29.8 Å². The first-order valence-corrected chi connectivity index (χ1v) is 14.4. The van der Waals surface area contributed by atoms with Crippen molar-refractivity contribution in [2.24, 2.45) is 5.16 Å². The number of thiazole rings is 1. The predicted octanol–water partition coefficient (Wildman–Crippen LogP) is 0.689. The first-order chi connectivity index (χ1) is 20.0. The Morgan fingerprint density at radius 2 is 2.07 bits per heavy atom. The average molecular weight is 634 g/mol. The smallest absolute Gasteiger partial charge is 0.352 e. The lowest BCUT2D eigenvalue weighted by molar-refractivity contribution is -0.689. The molecule has 2 aliphatic heterocycles. The number of rotatable bonds is 10. The zero-order chi connectivity index (χ0) is 30.1. The molecule has 5 rings (SSSR count). The van der Waals surface area contributed by atoms with Crippen LogP contribution >= 0.6 is 34.7 Å². The zero-order valence-electron chi connectivity index (χ0n) is 21.6. The van der Waals surface area contributed by atoms with E-state index in [0.29, 0.717) is 5.57 Å². The summed E-state index contributed by atoms with van der Waals surface area (Å²) >= 11 is 8.29. The standard InChI is InChI=1S/C24H21ClN8O7S2/c1-10(22(36)37)40-31-15(14-18(25)42-24(26)30-14)19(34)29-16-20(35)33-17(23(38)39)13(9-41-21(16)33)8-32-4-2-11(3-5-32)12-6-27-28-7-12/h2-7,10,16,21H,8-9H2,1H3,(H5,26,29,30,34,36,37,38,39)/p+1/b31-15-/t10-,16+,21?/m0/s1. The molecule has 2 aliphatic rings. The quantitative estimate of drug-likeness (QED) is 0.0905. The number of nitrogens with zero attached hydrogens (tertiary/aromatic N) is 5. The minimum absolute atomic E-state index is 0.00220. The summed E-state index contributed by atoms with van der Waals surface area (Å²) in [6, 6.07) is 2.64. The summed E-state index contributed by atoms with van der Waals surface area (Å²) in [5.74, 6) is -3.89. The van der Waals surface area contributed by atoms with Gasteiger partial charge in [0.05, 0.1) is 6.20 Å². The molecule has 3 aromatic rings. The highest BCUT2D eigenvalue weighted by atomic mass is 35.5. The topological polar surface area (TPSA) is 217 Å². The number of carboxylic acids is 2. The number of amides is 2.